The molecule has 5 rings (SSSR count). The van der Waals surface area contributed by atoms with Gasteiger partial charge in [-0.15, -0.1) is 5.10 Å². The van der Waals surface area contributed by atoms with E-state index in [4.69, 9.17) is 15.6 Å². The lowest BCUT2D eigenvalue weighted by Gasteiger charge is -2.29. The Morgan fingerprint density at radius 2 is 1.82 bits per heavy atom. The maximum absolute atomic E-state index is 13.0. The molecule has 1 aromatic heterocycles. The Morgan fingerprint density at radius 3 is 2.42 bits per heavy atom. The number of hydrogen-bond acceptors (Lipinski definition) is 7. The van der Waals surface area contributed by atoms with Gasteiger partial charge in [0.2, 0.25) is 11.8 Å². The van der Waals surface area contributed by atoms with Crippen molar-refractivity contribution in [1.29, 1.82) is 0 Å². The molecule has 1 saturated heterocycles. The molecular formula is C24H27F3N6O5. The number of nitrogens with one attached hydrogen (secondary N) is 1. The molecule has 1 aliphatic carbocycles. The van der Waals surface area contributed by atoms with E-state index < -0.39 is 24.1 Å². The topological polar surface area (TPSA) is 161 Å². The molecule has 2 aliphatic heterocycles. The van der Waals surface area contributed by atoms with E-state index in [1.807, 2.05) is 24.4 Å². The predicted molar refractivity (Wildman–Crippen MR) is 125 cm³/mol. The van der Waals surface area contributed by atoms with E-state index in [2.05, 4.69) is 15.6 Å². The second-order valence-electron chi connectivity index (χ2n) is 9.59. The number of aromatic nitrogens is 3. The molecule has 38 heavy (non-hydrogen) atoms. The van der Waals surface area contributed by atoms with Crippen LogP contribution >= 0.6 is 0 Å². The second kappa shape index (κ2) is 10.9. The van der Waals surface area contributed by atoms with Gasteiger partial charge >= 0.3 is 12.1 Å². The molecule has 4 N–H and O–H groups in total. The zero-order valence-electron chi connectivity index (χ0n) is 20.3. The van der Waals surface area contributed by atoms with E-state index in [9.17, 15) is 27.6 Å². The summed E-state index contributed by atoms with van der Waals surface area (Å²) in [6, 6.07) is 5.03. The molecule has 3 amide bonds. The van der Waals surface area contributed by atoms with Gasteiger partial charge in [-0.3, -0.25) is 19.7 Å². The number of nitrogens with two attached hydrogens (primary N) is 1. The molecule has 0 spiro atoms. The van der Waals surface area contributed by atoms with Gasteiger partial charge in [0.25, 0.3) is 5.91 Å². The van der Waals surface area contributed by atoms with Crippen molar-refractivity contribution in [2.75, 3.05) is 6.54 Å². The van der Waals surface area contributed by atoms with Gasteiger partial charge in [-0.1, -0.05) is 11.3 Å². The molecule has 1 atom stereocenters. The summed E-state index contributed by atoms with van der Waals surface area (Å²) < 4.78 is 33.5. The van der Waals surface area contributed by atoms with E-state index >= 15 is 0 Å². The smallest absolute Gasteiger partial charge is 0.475 e. The Hall–Kier alpha value is -3.81. The highest BCUT2D eigenvalue weighted by Crippen LogP contribution is 2.35. The molecule has 2 fully saturated rings. The first-order valence-electron chi connectivity index (χ1n) is 12.2. The number of alkyl halides is 3. The Morgan fingerprint density at radius 1 is 1.13 bits per heavy atom. The summed E-state index contributed by atoms with van der Waals surface area (Å²) in [5.41, 5.74) is 8.99. The van der Waals surface area contributed by atoms with E-state index in [-0.39, 0.29) is 18.2 Å². The molecule has 11 nitrogen and oxygen atoms in total. The van der Waals surface area contributed by atoms with Crippen molar-refractivity contribution in [3.63, 3.8) is 0 Å². The van der Waals surface area contributed by atoms with Crippen LogP contribution < -0.4 is 11.1 Å². The number of halogens is 3. The fourth-order valence-electron chi connectivity index (χ4n) is 4.97. The molecule has 0 radical (unpaired) electrons. The largest absolute Gasteiger partial charge is 0.490 e. The first-order chi connectivity index (χ1) is 18.0. The highest BCUT2D eigenvalue weighted by molar-refractivity contribution is 6.05. The lowest BCUT2D eigenvalue weighted by molar-refractivity contribution is -0.192. The maximum Gasteiger partial charge on any atom is 0.490 e. The van der Waals surface area contributed by atoms with Crippen molar-refractivity contribution < 1.29 is 37.5 Å². The number of rotatable bonds is 4. The second-order valence-corrected chi connectivity index (χ2v) is 9.59. The van der Waals surface area contributed by atoms with E-state index in [0.717, 1.165) is 49.2 Å². The van der Waals surface area contributed by atoms with Crippen LogP contribution in [0.15, 0.2) is 24.4 Å². The van der Waals surface area contributed by atoms with Crippen molar-refractivity contribution in [2.45, 2.75) is 63.2 Å². The van der Waals surface area contributed by atoms with Crippen molar-refractivity contribution in [3.05, 3.63) is 41.2 Å². The lowest BCUT2D eigenvalue weighted by Crippen LogP contribution is -2.52. The minimum absolute atomic E-state index is 0.188. The molecule has 1 aromatic carbocycles. The third-order valence-electron chi connectivity index (χ3n) is 7.13. The molecule has 3 heterocycles. The standard InChI is InChI=1S/C22H26N6O3.C2HF3O2/c23-10-13-1-3-14(4-2-13)18-12-28(26-25-18)16-6-5-15-11-27(22(31)17(15)9-16)19-7-8-20(29)24-21(19)30;3-2(4,5)1(6)7/h5-6,9,12-14,19H,1-4,7-8,10-11,23H2,(H,24,29,30);(H,6,7). The number of carboxylic acids is 1. The number of carbonyl (C=O) groups is 4. The van der Waals surface area contributed by atoms with Crippen molar-refractivity contribution in [3.8, 4) is 5.69 Å². The molecule has 2 aromatic rings. The number of amides is 3. The van der Waals surface area contributed by atoms with Crippen LogP contribution in [0.3, 0.4) is 0 Å². The van der Waals surface area contributed by atoms with Crippen LogP contribution in [0.2, 0.25) is 0 Å². The summed E-state index contributed by atoms with van der Waals surface area (Å²) in [6.45, 7) is 1.12. The fourth-order valence-corrected chi connectivity index (χ4v) is 4.97. The number of aliphatic carboxylic acids is 1. The van der Waals surface area contributed by atoms with Crippen LogP contribution in [0.4, 0.5) is 13.2 Å². The van der Waals surface area contributed by atoms with Crippen LogP contribution in [-0.2, 0) is 20.9 Å². The molecule has 1 unspecified atom stereocenters. The minimum Gasteiger partial charge on any atom is -0.475 e. The molecule has 204 valence electrons. The monoisotopic (exact) mass is 536 g/mol. The normalized spacial score (nSPS) is 23.4. The molecule has 1 saturated carbocycles. The van der Waals surface area contributed by atoms with Gasteiger partial charge in [0.15, 0.2) is 0 Å². The Bertz CT molecular complexity index is 1240. The number of carbonyl (C=O) groups excluding carboxylic acids is 3. The van der Waals surface area contributed by atoms with Gasteiger partial charge < -0.3 is 15.7 Å². The maximum atomic E-state index is 13.0. The van der Waals surface area contributed by atoms with Gasteiger partial charge in [-0.2, -0.15) is 13.2 Å². The first-order valence-corrected chi connectivity index (χ1v) is 12.2. The average molecular weight is 537 g/mol. The number of fused-ring (bicyclic) bond motifs is 1. The van der Waals surface area contributed by atoms with Gasteiger partial charge in [-0.25, -0.2) is 9.48 Å². The summed E-state index contributed by atoms with van der Waals surface area (Å²) in [5, 5.41) is 18.1. The number of benzene rings is 1. The van der Waals surface area contributed by atoms with Gasteiger partial charge in [0, 0.05) is 24.4 Å². The highest BCUT2D eigenvalue weighted by Gasteiger charge is 2.39. The van der Waals surface area contributed by atoms with Gasteiger partial charge in [-0.05, 0) is 62.3 Å². The Kier molecular flexibility index (Phi) is 7.81. The lowest BCUT2D eigenvalue weighted by atomic mass is 9.81. The van der Waals surface area contributed by atoms with Gasteiger partial charge in [0.05, 0.1) is 17.6 Å². The minimum atomic E-state index is -5.08. The molecule has 14 heteroatoms. The number of nitrogens with zero attached hydrogens (tertiary/aromatic N) is 4. The van der Waals surface area contributed by atoms with Crippen LogP contribution in [0.5, 0.6) is 0 Å². The Balaban J connectivity index is 0.000000426. The third kappa shape index (κ3) is 5.85. The summed E-state index contributed by atoms with van der Waals surface area (Å²) in [7, 11) is 0. The molecule has 3 aliphatic rings. The van der Waals surface area contributed by atoms with Crippen LogP contribution in [0.1, 0.15) is 66.1 Å². The molecular weight excluding hydrogens is 509 g/mol. The zero-order chi connectivity index (χ0) is 27.6. The number of carboxylic acid groups (broad SMARTS) is 1. The van der Waals surface area contributed by atoms with Crippen LogP contribution in [0.25, 0.3) is 5.69 Å². The van der Waals surface area contributed by atoms with Gasteiger partial charge in [0.1, 0.15) is 6.04 Å². The number of hydrogen-bond donors (Lipinski definition) is 3. The predicted octanol–water partition coefficient (Wildman–Crippen LogP) is 1.89. The quantitative estimate of drug-likeness (QED) is 0.500. The van der Waals surface area contributed by atoms with Crippen molar-refractivity contribution in [1.82, 2.24) is 25.2 Å². The van der Waals surface area contributed by atoms with E-state index in [1.54, 1.807) is 9.58 Å². The fraction of sp³-hybridized carbons (Fsp3) is 0.500. The Labute approximate surface area is 215 Å². The highest BCUT2D eigenvalue weighted by atomic mass is 19.4. The molecule has 0 bridgehead atoms. The van der Waals surface area contributed by atoms with Crippen molar-refractivity contribution in [2.24, 2.45) is 11.7 Å². The average Bonchev–Trinajstić information content (AvgIpc) is 3.49. The van der Waals surface area contributed by atoms with E-state index in [1.165, 1.54) is 0 Å². The first kappa shape index (κ1) is 27.2. The summed E-state index contributed by atoms with van der Waals surface area (Å²) in [5.74, 6) is -2.62. The van der Waals surface area contributed by atoms with Crippen molar-refractivity contribution >= 4 is 23.7 Å². The summed E-state index contributed by atoms with van der Waals surface area (Å²) in [4.78, 5) is 47.1. The SMILES string of the molecule is NCC1CCC(c2cn(-c3ccc4c(c3)C(=O)N(C3CCC(=O)NC3=O)C4)nn2)CC1.O=C(O)C(F)(F)F. The summed E-state index contributed by atoms with van der Waals surface area (Å²) in [6.07, 6.45) is 1.86. The zero-order valence-corrected chi connectivity index (χ0v) is 20.3. The third-order valence-corrected chi connectivity index (χ3v) is 7.13. The van der Waals surface area contributed by atoms with Crippen LogP contribution in [0, 0.1) is 5.92 Å². The van der Waals surface area contributed by atoms with Crippen LogP contribution in [-0.4, -0.2) is 67.5 Å². The summed E-state index contributed by atoms with van der Waals surface area (Å²) >= 11 is 0. The van der Waals surface area contributed by atoms with E-state index in [0.29, 0.717) is 30.4 Å². The number of piperidine rings is 1. The number of imide groups is 1.